The normalized spacial score (nSPS) is 14.2. The highest BCUT2D eigenvalue weighted by Crippen LogP contribution is 2.62. The van der Waals surface area contributed by atoms with Crippen molar-refractivity contribution >= 4 is 11.7 Å². The van der Waals surface area contributed by atoms with E-state index in [9.17, 15) is 0 Å². The Balaban J connectivity index is 1.48. The Bertz CT molecular complexity index is 1650. The molecular weight excluding hydrogens is 438 g/mol. The van der Waals surface area contributed by atoms with Gasteiger partial charge in [-0.15, -0.1) is 0 Å². The molecular formula is C33H23N3. The smallest absolute Gasteiger partial charge is 0.154 e. The van der Waals surface area contributed by atoms with Gasteiger partial charge in [-0.25, -0.2) is 4.99 Å². The van der Waals surface area contributed by atoms with E-state index >= 15 is 0 Å². The van der Waals surface area contributed by atoms with E-state index in [0.717, 1.165) is 11.1 Å². The van der Waals surface area contributed by atoms with Gasteiger partial charge in [0.25, 0.3) is 0 Å². The Hall–Kier alpha value is -4.76. The zero-order valence-electron chi connectivity index (χ0n) is 19.6. The highest BCUT2D eigenvalue weighted by atomic mass is 14.9. The number of nitrogens with one attached hydrogen (secondary N) is 1. The number of aliphatic imine (C=N–C) groups is 1. The summed E-state index contributed by atoms with van der Waals surface area (Å²) < 4.78 is 0. The summed E-state index contributed by atoms with van der Waals surface area (Å²) in [5.41, 5.74) is 17.4. The lowest BCUT2D eigenvalue weighted by Gasteiger charge is -2.30. The van der Waals surface area contributed by atoms with Gasteiger partial charge >= 0.3 is 0 Å². The quantitative estimate of drug-likeness (QED) is 0.217. The van der Waals surface area contributed by atoms with E-state index in [1.165, 1.54) is 44.5 Å². The van der Waals surface area contributed by atoms with Crippen LogP contribution in [0.25, 0.3) is 22.3 Å². The Morgan fingerprint density at radius 3 is 1.56 bits per heavy atom. The Labute approximate surface area is 210 Å². The molecule has 0 fully saturated rings. The molecule has 170 valence electrons. The number of benzene rings is 5. The molecule has 0 unspecified atom stereocenters. The van der Waals surface area contributed by atoms with Crippen LogP contribution < -0.4 is 5.73 Å². The van der Waals surface area contributed by atoms with Gasteiger partial charge in [0.2, 0.25) is 0 Å². The van der Waals surface area contributed by atoms with E-state index in [-0.39, 0.29) is 5.84 Å². The van der Waals surface area contributed by atoms with Crippen molar-refractivity contribution in [3.8, 4) is 22.3 Å². The van der Waals surface area contributed by atoms with E-state index in [4.69, 9.17) is 11.1 Å². The van der Waals surface area contributed by atoms with E-state index in [1.54, 1.807) is 0 Å². The van der Waals surface area contributed by atoms with E-state index in [2.05, 4.69) is 89.9 Å². The van der Waals surface area contributed by atoms with Crippen LogP contribution in [0.5, 0.6) is 0 Å². The molecule has 2 aliphatic carbocycles. The van der Waals surface area contributed by atoms with Crippen LogP contribution >= 0.6 is 0 Å². The minimum atomic E-state index is -0.426. The summed E-state index contributed by atoms with van der Waals surface area (Å²) in [6.45, 7) is 0. The largest absolute Gasteiger partial charge is 0.383 e. The fraction of sp³-hybridized carbons (Fsp3) is 0.0303. The van der Waals surface area contributed by atoms with Crippen molar-refractivity contribution in [1.82, 2.24) is 0 Å². The highest BCUT2D eigenvalue weighted by Gasteiger charge is 2.51. The molecule has 5 aromatic rings. The minimum absolute atomic E-state index is 0.157. The molecule has 0 bridgehead atoms. The first-order chi connectivity index (χ1) is 17.7. The number of rotatable bonds is 2. The molecule has 3 N–H and O–H groups in total. The van der Waals surface area contributed by atoms with Crippen molar-refractivity contribution in [2.45, 2.75) is 5.41 Å². The maximum Gasteiger partial charge on any atom is 0.154 e. The molecule has 7 rings (SSSR count). The van der Waals surface area contributed by atoms with Crippen LogP contribution in [0.1, 0.15) is 33.4 Å². The molecule has 0 amide bonds. The van der Waals surface area contributed by atoms with Crippen LogP contribution in [0.3, 0.4) is 0 Å². The summed E-state index contributed by atoms with van der Waals surface area (Å²) in [5, 5.41) is 8.81. The van der Waals surface area contributed by atoms with Crippen LogP contribution in [0.4, 0.5) is 0 Å². The van der Waals surface area contributed by atoms with E-state index in [1.807, 2.05) is 36.4 Å². The number of amidine groups is 2. The fourth-order valence-electron chi connectivity index (χ4n) is 6.10. The topological polar surface area (TPSA) is 62.2 Å². The van der Waals surface area contributed by atoms with Crippen molar-refractivity contribution in [3.63, 3.8) is 0 Å². The lowest BCUT2D eigenvalue weighted by atomic mass is 9.70. The first-order valence-electron chi connectivity index (χ1n) is 12.1. The van der Waals surface area contributed by atoms with Crippen LogP contribution in [0, 0.1) is 5.41 Å². The summed E-state index contributed by atoms with van der Waals surface area (Å²) in [6, 6.07) is 42.0. The number of fused-ring (bicyclic) bond motifs is 10. The average Bonchev–Trinajstić information content (AvgIpc) is 3.40. The molecule has 3 nitrogen and oxygen atoms in total. The molecule has 3 heteroatoms. The van der Waals surface area contributed by atoms with Crippen LogP contribution in [0.2, 0.25) is 0 Å². The molecule has 2 aliphatic rings. The van der Waals surface area contributed by atoms with Crippen molar-refractivity contribution in [2.75, 3.05) is 0 Å². The average molecular weight is 462 g/mol. The van der Waals surface area contributed by atoms with Gasteiger partial charge in [0, 0.05) is 11.1 Å². The van der Waals surface area contributed by atoms with Crippen LogP contribution in [-0.4, -0.2) is 11.7 Å². The Morgan fingerprint density at radius 1 is 0.528 bits per heavy atom. The van der Waals surface area contributed by atoms with Crippen molar-refractivity contribution in [2.24, 2.45) is 10.7 Å². The predicted molar refractivity (Wildman–Crippen MR) is 147 cm³/mol. The molecule has 0 aliphatic heterocycles. The van der Waals surface area contributed by atoms with Gasteiger partial charge in [-0.05, 0) is 50.6 Å². The van der Waals surface area contributed by atoms with Gasteiger partial charge in [-0.3, -0.25) is 5.41 Å². The second-order valence-corrected chi connectivity index (χ2v) is 9.36. The van der Waals surface area contributed by atoms with Crippen molar-refractivity contribution < 1.29 is 0 Å². The SMILES string of the molecule is N=C(/N=C(\N)c1ccccc1)c1ccc2c(c1)C1(c3ccccc3-c3ccccc31)c1ccccc1-2. The van der Waals surface area contributed by atoms with Gasteiger partial charge in [0.05, 0.1) is 5.41 Å². The van der Waals surface area contributed by atoms with E-state index in [0.29, 0.717) is 5.84 Å². The lowest BCUT2D eigenvalue weighted by molar-refractivity contribution is 0.793. The van der Waals surface area contributed by atoms with Gasteiger partial charge < -0.3 is 5.73 Å². The van der Waals surface area contributed by atoms with Gasteiger partial charge in [0.15, 0.2) is 5.84 Å². The summed E-state index contributed by atoms with van der Waals surface area (Å²) in [4.78, 5) is 4.47. The minimum Gasteiger partial charge on any atom is -0.383 e. The summed E-state index contributed by atoms with van der Waals surface area (Å²) in [5.74, 6) is 0.500. The summed E-state index contributed by atoms with van der Waals surface area (Å²) in [6.07, 6.45) is 0. The van der Waals surface area contributed by atoms with Gasteiger partial charge in [0.1, 0.15) is 5.84 Å². The van der Waals surface area contributed by atoms with Crippen molar-refractivity contribution in [3.05, 3.63) is 155 Å². The summed E-state index contributed by atoms with van der Waals surface area (Å²) >= 11 is 0. The molecule has 0 aromatic heterocycles. The Kier molecular flexibility index (Phi) is 4.36. The van der Waals surface area contributed by atoms with Crippen LogP contribution in [0.15, 0.2) is 126 Å². The maximum atomic E-state index is 8.81. The molecule has 0 saturated heterocycles. The third-order valence-electron chi connectivity index (χ3n) is 7.57. The van der Waals surface area contributed by atoms with Crippen molar-refractivity contribution in [1.29, 1.82) is 5.41 Å². The standard InChI is InChI=1S/C33H23N3/c34-31(21-10-2-1-3-11-21)36-32(35)22-18-19-26-25-14-6-9-17-29(25)33(30(26)20-22)27-15-7-4-12-23(27)24-13-5-8-16-28(24)33/h1-20H,(H3,34,35,36). The summed E-state index contributed by atoms with van der Waals surface area (Å²) in [7, 11) is 0. The zero-order chi connectivity index (χ0) is 24.3. The number of hydrogen-bond donors (Lipinski definition) is 2. The lowest BCUT2D eigenvalue weighted by Crippen LogP contribution is -2.26. The number of nitrogens with zero attached hydrogens (tertiary/aromatic N) is 1. The monoisotopic (exact) mass is 461 g/mol. The molecule has 0 radical (unpaired) electrons. The highest BCUT2D eigenvalue weighted by molar-refractivity contribution is 6.10. The Morgan fingerprint density at radius 2 is 1.00 bits per heavy atom. The molecule has 1 spiro atoms. The van der Waals surface area contributed by atoms with Gasteiger partial charge in [-0.2, -0.15) is 0 Å². The first-order valence-corrected chi connectivity index (χ1v) is 12.1. The molecule has 5 aromatic carbocycles. The second kappa shape index (κ2) is 7.62. The first kappa shape index (κ1) is 20.6. The van der Waals surface area contributed by atoms with E-state index < -0.39 is 5.41 Å². The molecule has 0 heterocycles. The predicted octanol–water partition coefficient (Wildman–Crippen LogP) is 6.76. The van der Waals surface area contributed by atoms with Crippen LogP contribution in [-0.2, 0) is 5.41 Å². The number of nitrogens with two attached hydrogens (primary N) is 1. The number of hydrogen-bond acceptors (Lipinski definition) is 1. The zero-order valence-corrected chi connectivity index (χ0v) is 19.6. The molecule has 0 atom stereocenters. The second-order valence-electron chi connectivity index (χ2n) is 9.36. The molecule has 36 heavy (non-hydrogen) atoms. The van der Waals surface area contributed by atoms with Gasteiger partial charge in [-0.1, -0.05) is 115 Å². The molecule has 0 saturated carbocycles. The third-order valence-corrected chi connectivity index (χ3v) is 7.57. The maximum absolute atomic E-state index is 8.81. The third kappa shape index (κ3) is 2.68. The fourth-order valence-corrected chi connectivity index (χ4v) is 6.10.